The zero-order valence-electron chi connectivity index (χ0n) is 4.73. The summed E-state index contributed by atoms with van der Waals surface area (Å²) in [6, 6.07) is 0. The van der Waals surface area contributed by atoms with E-state index in [0.717, 1.165) is 0 Å². The van der Waals surface area contributed by atoms with E-state index in [9.17, 15) is 4.79 Å². The van der Waals surface area contributed by atoms with Gasteiger partial charge in [-0.3, -0.25) is 4.79 Å². The lowest BCUT2D eigenvalue weighted by Gasteiger charge is -2.14. The monoisotopic (exact) mass is 137 g/mol. The molecule has 2 N–H and O–H groups in total. The summed E-state index contributed by atoms with van der Waals surface area (Å²) in [6.45, 7) is 2.95. The Hall–Kier alpha value is -0.280. The Bertz CT molecular complexity index is 102. The molecule has 0 aromatic heterocycles. The van der Waals surface area contributed by atoms with Crippen molar-refractivity contribution in [2.75, 3.05) is 0 Å². The van der Waals surface area contributed by atoms with E-state index in [4.69, 9.17) is 16.9 Å². The van der Waals surface area contributed by atoms with Crippen LogP contribution < -0.4 is 4.84 Å². The molecule has 48 valence electrons. The van der Waals surface area contributed by atoms with Gasteiger partial charge >= 0.3 is 5.97 Å². The summed E-state index contributed by atoms with van der Waals surface area (Å²) in [5, 5.41) is 8.29. The Morgan fingerprint density at radius 1 is 1.75 bits per heavy atom. The number of carboxylic acids is 1. The normalized spacial score (nSPS) is 11.4. The van der Waals surface area contributed by atoms with Gasteiger partial charge in [0.1, 0.15) is 5.54 Å². The number of hydrogen-bond acceptors (Lipinski definition) is 2. The number of rotatable bonds is 2. The molecule has 0 aromatic carbocycles. The van der Waals surface area contributed by atoms with Crippen LogP contribution in [0, 0.1) is 0 Å². The number of aliphatic carboxylic acids is 1. The fraction of sp³-hybridized carbons (Fsp3) is 0.750. The number of carbonyl (C=O) groups is 1. The number of halogens is 1. The number of hydrogen-bond donors (Lipinski definition) is 2. The van der Waals surface area contributed by atoms with Crippen molar-refractivity contribution < 1.29 is 9.90 Å². The first-order chi connectivity index (χ1) is 3.50. The number of carboxylic acid groups (broad SMARTS) is 1. The molecule has 0 aliphatic heterocycles. The Morgan fingerprint density at radius 3 is 2.12 bits per heavy atom. The summed E-state index contributed by atoms with van der Waals surface area (Å²) >= 11 is 5.06. The lowest BCUT2D eigenvalue weighted by atomic mass is 10.1. The van der Waals surface area contributed by atoms with Crippen LogP contribution in [0.2, 0.25) is 0 Å². The van der Waals surface area contributed by atoms with Crippen molar-refractivity contribution in [1.82, 2.24) is 4.84 Å². The van der Waals surface area contributed by atoms with Gasteiger partial charge in [0, 0.05) is 0 Å². The van der Waals surface area contributed by atoms with E-state index >= 15 is 0 Å². The van der Waals surface area contributed by atoms with Gasteiger partial charge in [0.05, 0.1) is 0 Å². The summed E-state index contributed by atoms with van der Waals surface area (Å²) in [4.78, 5) is 12.2. The van der Waals surface area contributed by atoms with E-state index in [1.165, 1.54) is 13.8 Å². The SMILES string of the molecule is CC(C)(NCl)C(=O)O. The highest BCUT2D eigenvalue weighted by molar-refractivity contribution is 6.15. The minimum absolute atomic E-state index is 0.965. The molecule has 0 heterocycles. The van der Waals surface area contributed by atoms with Gasteiger partial charge in [0.15, 0.2) is 0 Å². The van der Waals surface area contributed by atoms with Crippen molar-refractivity contribution in [1.29, 1.82) is 0 Å². The summed E-state index contributed by atoms with van der Waals surface area (Å²) < 4.78 is 0. The molecule has 0 fully saturated rings. The fourth-order valence-corrected chi connectivity index (χ4v) is 0.121. The molecule has 0 atom stereocenters. The van der Waals surface area contributed by atoms with Crippen molar-refractivity contribution in [2.24, 2.45) is 0 Å². The van der Waals surface area contributed by atoms with Crippen molar-refractivity contribution in [3.8, 4) is 0 Å². The summed E-state index contributed by atoms with van der Waals surface area (Å²) in [7, 11) is 0. The van der Waals surface area contributed by atoms with Crippen molar-refractivity contribution in [3.05, 3.63) is 0 Å². The van der Waals surface area contributed by atoms with E-state index in [2.05, 4.69) is 4.84 Å². The predicted molar refractivity (Wildman–Crippen MR) is 30.7 cm³/mol. The third-order valence-corrected chi connectivity index (χ3v) is 1.24. The van der Waals surface area contributed by atoms with Crippen LogP contribution in [0.5, 0.6) is 0 Å². The van der Waals surface area contributed by atoms with Gasteiger partial charge in [-0.25, -0.2) is 4.84 Å². The third kappa shape index (κ3) is 1.68. The van der Waals surface area contributed by atoms with Crippen LogP contribution in [-0.4, -0.2) is 16.6 Å². The van der Waals surface area contributed by atoms with Crippen LogP contribution in [0.25, 0.3) is 0 Å². The molecule has 0 radical (unpaired) electrons. The quantitative estimate of drug-likeness (QED) is 0.548. The van der Waals surface area contributed by atoms with Gasteiger partial charge in [-0.15, -0.1) is 0 Å². The molecule has 0 aliphatic rings. The second-order valence-electron chi connectivity index (χ2n) is 2.02. The topological polar surface area (TPSA) is 49.3 Å². The van der Waals surface area contributed by atoms with Gasteiger partial charge in [0.25, 0.3) is 0 Å². The highest BCUT2D eigenvalue weighted by Crippen LogP contribution is 2.01. The molecule has 0 unspecified atom stereocenters. The molecule has 0 spiro atoms. The van der Waals surface area contributed by atoms with Gasteiger partial charge in [-0.05, 0) is 25.6 Å². The summed E-state index contributed by atoms with van der Waals surface area (Å²) in [5.41, 5.74) is -1.03. The average Bonchev–Trinajstić information content (AvgIpc) is 1.67. The fourth-order valence-electron chi connectivity index (χ4n) is 0.0404. The highest BCUT2D eigenvalue weighted by Gasteiger charge is 2.24. The molecule has 0 bridgehead atoms. The zero-order valence-corrected chi connectivity index (χ0v) is 5.49. The van der Waals surface area contributed by atoms with Crippen LogP contribution in [-0.2, 0) is 4.79 Å². The lowest BCUT2D eigenvalue weighted by Crippen LogP contribution is -2.41. The Balaban J connectivity index is 3.91. The second-order valence-corrected chi connectivity index (χ2v) is 2.21. The maximum atomic E-state index is 10.1. The van der Waals surface area contributed by atoms with E-state index in [0.29, 0.717) is 0 Å². The maximum Gasteiger partial charge on any atom is 0.324 e. The molecule has 0 saturated heterocycles. The second kappa shape index (κ2) is 2.33. The molecular weight excluding hydrogens is 130 g/mol. The standard InChI is InChI=1S/C4H8ClNO2/c1-4(2,6-5)3(7)8/h6H,1-2H3,(H,7,8). The Morgan fingerprint density at radius 2 is 2.12 bits per heavy atom. The largest absolute Gasteiger partial charge is 0.480 e. The third-order valence-electron chi connectivity index (χ3n) is 0.771. The van der Waals surface area contributed by atoms with Crippen molar-refractivity contribution in [2.45, 2.75) is 19.4 Å². The van der Waals surface area contributed by atoms with Gasteiger partial charge in [-0.1, -0.05) is 0 Å². The molecule has 0 saturated carbocycles. The molecule has 8 heavy (non-hydrogen) atoms. The van der Waals surface area contributed by atoms with Crippen LogP contribution in [0.4, 0.5) is 0 Å². The molecule has 0 amide bonds. The summed E-state index contributed by atoms with van der Waals surface area (Å²) in [6.07, 6.45) is 0. The van der Waals surface area contributed by atoms with Crippen LogP contribution in [0.3, 0.4) is 0 Å². The van der Waals surface area contributed by atoms with E-state index in [1.807, 2.05) is 0 Å². The zero-order chi connectivity index (χ0) is 6.78. The van der Waals surface area contributed by atoms with Gasteiger partial charge < -0.3 is 5.11 Å². The lowest BCUT2D eigenvalue weighted by molar-refractivity contribution is -0.142. The number of nitrogens with one attached hydrogen (secondary N) is 1. The molecule has 0 aromatic rings. The van der Waals surface area contributed by atoms with E-state index in [-0.39, 0.29) is 0 Å². The van der Waals surface area contributed by atoms with E-state index in [1.54, 1.807) is 0 Å². The molecular formula is C4H8ClNO2. The molecule has 3 nitrogen and oxygen atoms in total. The Kier molecular flexibility index (Phi) is 2.25. The molecule has 4 heteroatoms. The smallest absolute Gasteiger partial charge is 0.324 e. The minimum atomic E-state index is -1.03. The maximum absolute atomic E-state index is 10.1. The van der Waals surface area contributed by atoms with Crippen LogP contribution in [0.1, 0.15) is 13.8 Å². The first kappa shape index (κ1) is 7.72. The first-order valence-electron chi connectivity index (χ1n) is 2.12. The van der Waals surface area contributed by atoms with Crippen molar-refractivity contribution >= 4 is 17.7 Å². The van der Waals surface area contributed by atoms with Crippen LogP contribution in [0.15, 0.2) is 0 Å². The minimum Gasteiger partial charge on any atom is -0.480 e. The van der Waals surface area contributed by atoms with Gasteiger partial charge in [-0.2, -0.15) is 0 Å². The highest BCUT2D eigenvalue weighted by atomic mass is 35.5. The average molecular weight is 138 g/mol. The predicted octanol–water partition coefficient (Wildman–Crippen LogP) is 0.593. The van der Waals surface area contributed by atoms with Crippen molar-refractivity contribution in [3.63, 3.8) is 0 Å². The molecule has 0 rings (SSSR count). The molecule has 0 aliphatic carbocycles. The van der Waals surface area contributed by atoms with Crippen LogP contribution >= 0.6 is 11.8 Å². The first-order valence-corrected chi connectivity index (χ1v) is 2.49. The summed E-state index contributed by atoms with van der Waals surface area (Å²) in [5.74, 6) is -0.965. The van der Waals surface area contributed by atoms with Gasteiger partial charge in [0.2, 0.25) is 0 Å². The Labute approximate surface area is 52.8 Å². The van der Waals surface area contributed by atoms with E-state index < -0.39 is 11.5 Å².